The Labute approximate surface area is 144 Å². The molecule has 1 saturated heterocycles. The van der Waals surface area contributed by atoms with Gasteiger partial charge in [-0.3, -0.25) is 4.90 Å². The maximum absolute atomic E-state index is 4.22. The van der Waals surface area contributed by atoms with Gasteiger partial charge in [0.05, 0.1) is 0 Å². The Kier molecular flexibility index (Phi) is 5.59. The zero-order valence-electron chi connectivity index (χ0n) is 14.6. The first-order valence-electron chi connectivity index (χ1n) is 8.67. The summed E-state index contributed by atoms with van der Waals surface area (Å²) in [6, 6.07) is 15.1. The number of anilines is 1. The molecule has 0 radical (unpaired) electrons. The first kappa shape index (κ1) is 16.7. The smallest absolute Gasteiger partial charge is 0.151 e. The van der Waals surface area contributed by atoms with E-state index >= 15 is 0 Å². The molecule has 0 saturated carbocycles. The summed E-state index contributed by atoms with van der Waals surface area (Å²) in [6.07, 6.45) is 6.36. The molecule has 0 aliphatic carbocycles. The van der Waals surface area contributed by atoms with Gasteiger partial charge in [-0.15, -0.1) is 5.10 Å². The molecule has 2 aromatic rings. The molecule has 1 aliphatic heterocycles. The number of piperidine rings is 1. The molecule has 4 heteroatoms. The summed E-state index contributed by atoms with van der Waals surface area (Å²) in [4.78, 5) is 4.83. The fourth-order valence-electron chi connectivity index (χ4n) is 3.37. The van der Waals surface area contributed by atoms with E-state index in [1.165, 1.54) is 24.0 Å². The summed E-state index contributed by atoms with van der Waals surface area (Å²) >= 11 is 0. The Bertz CT molecular complexity index is 646. The van der Waals surface area contributed by atoms with Gasteiger partial charge in [0.15, 0.2) is 5.82 Å². The number of hydrogen-bond donors (Lipinski definition) is 0. The van der Waals surface area contributed by atoms with Crippen molar-refractivity contribution in [2.45, 2.75) is 25.8 Å². The Morgan fingerprint density at radius 3 is 2.58 bits per heavy atom. The summed E-state index contributed by atoms with van der Waals surface area (Å²) in [5.74, 6) is 0.969. The van der Waals surface area contributed by atoms with Crippen LogP contribution >= 0.6 is 0 Å². The van der Waals surface area contributed by atoms with Crippen LogP contribution in [0.4, 0.5) is 5.82 Å². The molecule has 0 bridgehead atoms. The third-order valence-corrected chi connectivity index (χ3v) is 4.71. The number of likely N-dealkylation sites (tertiary alicyclic amines) is 1. The highest BCUT2D eigenvalue weighted by molar-refractivity contribution is 5.52. The van der Waals surface area contributed by atoms with E-state index in [1.807, 2.05) is 12.1 Å². The van der Waals surface area contributed by atoms with Gasteiger partial charge in [-0.1, -0.05) is 42.0 Å². The lowest BCUT2D eigenvalue weighted by molar-refractivity contribution is 0.226. The number of rotatable bonds is 5. The van der Waals surface area contributed by atoms with E-state index in [-0.39, 0.29) is 0 Å². The fraction of sp³-hybridized carbons (Fsp3) is 0.400. The van der Waals surface area contributed by atoms with Gasteiger partial charge in [0.2, 0.25) is 0 Å². The molecule has 24 heavy (non-hydrogen) atoms. The zero-order valence-corrected chi connectivity index (χ0v) is 14.6. The number of aromatic nitrogens is 2. The van der Waals surface area contributed by atoms with Crippen molar-refractivity contribution in [2.75, 3.05) is 31.6 Å². The second kappa shape index (κ2) is 8.06. The normalized spacial score (nSPS) is 17.0. The van der Waals surface area contributed by atoms with Crippen LogP contribution in [-0.4, -0.2) is 47.8 Å². The summed E-state index contributed by atoms with van der Waals surface area (Å²) in [5.41, 5.74) is 2.70. The first-order chi connectivity index (χ1) is 11.7. The lowest BCUT2D eigenvalue weighted by atomic mass is 10.0. The molecule has 0 atom stereocenters. The summed E-state index contributed by atoms with van der Waals surface area (Å²) < 4.78 is 0. The first-order valence-corrected chi connectivity index (χ1v) is 8.67. The van der Waals surface area contributed by atoms with Gasteiger partial charge in [0, 0.05) is 38.9 Å². The van der Waals surface area contributed by atoms with Crippen LogP contribution in [-0.2, 0) is 0 Å². The molecule has 3 rings (SSSR count). The van der Waals surface area contributed by atoms with Crippen molar-refractivity contribution in [1.29, 1.82) is 0 Å². The molecule has 0 amide bonds. The van der Waals surface area contributed by atoms with Crippen LogP contribution in [0.5, 0.6) is 0 Å². The molecule has 0 N–H and O–H groups in total. The summed E-state index contributed by atoms with van der Waals surface area (Å²) in [7, 11) is 2.13. The van der Waals surface area contributed by atoms with Gasteiger partial charge in [-0.2, -0.15) is 5.10 Å². The molecule has 0 spiro atoms. The number of hydrogen-bond acceptors (Lipinski definition) is 4. The molecule has 1 aromatic carbocycles. The third-order valence-electron chi connectivity index (χ3n) is 4.71. The van der Waals surface area contributed by atoms with Gasteiger partial charge in [0.1, 0.15) is 0 Å². The Morgan fingerprint density at radius 2 is 1.92 bits per heavy atom. The van der Waals surface area contributed by atoms with Crippen LogP contribution < -0.4 is 4.90 Å². The van der Waals surface area contributed by atoms with E-state index in [2.05, 4.69) is 70.4 Å². The molecule has 4 nitrogen and oxygen atoms in total. The van der Waals surface area contributed by atoms with Gasteiger partial charge >= 0.3 is 0 Å². The van der Waals surface area contributed by atoms with E-state index in [1.54, 1.807) is 6.20 Å². The highest BCUT2D eigenvalue weighted by Gasteiger charge is 2.23. The summed E-state index contributed by atoms with van der Waals surface area (Å²) in [5, 5.41) is 8.21. The second-order valence-corrected chi connectivity index (χ2v) is 6.60. The predicted molar refractivity (Wildman–Crippen MR) is 100.0 cm³/mol. The fourth-order valence-corrected chi connectivity index (χ4v) is 3.37. The molecule has 1 fully saturated rings. The van der Waals surface area contributed by atoms with E-state index in [4.69, 9.17) is 0 Å². The standard InChI is InChI=1S/C20H26N4/c1-17(15-18-7-4-3-5-8-18)16-24-13-10-19(11-14-24)23(2)20-9-6-12-21-22-20/h3-9,12,15,19H,10-11,13-14,16H2,1-2H3/b17-15+. The molecule has 1 aliphatic rings. The van der Waals surface area contributed by atoms with Gasteiger partial charge in [-0.05, 0) is 37.5 Å². The second-order valence-electron chi connectivity index (χ2n) is 6.60. The quantitative estimate of drug-likeness (QED) is 0.843. The average molecular weight is 322 g/mol. The monoisotopic (exact) mass is 322 g/mol. The molecular formula is C20H26N4. The van der Waals surface area contributed by atoms with E-state index in [0.29, 0.717) is 6.04 Å². The van der Waals surface area contributed by atoms with Crippen molar-refractivity contribution >= 4 is 11.9 Å². The minimum atomic E-state index is 0.552. The highest BCUT2D eigenvalue weighted by Crippen LogP contribution is 2.20. The van der Waals surface area contributed by atoms with Crippen LogP contribution in [0.2, 0.25) is 0 Å². The maximum Gasteiger partial charge on any atom is 0.151 e. The van der Waals surface area contributed by atoms with Crippen LogP contribution in [0.1, 0.15) is 25.3 Å². The van der Waals surface area contributed by atoms with E-state index in [0.717, 1.165) is 25.5 Å². The average Bonchev–Trinajstić information content (AvgIpc) is 2.63. The molecule has 0 unspecified atom stereocenters. The minimum absolute atomic E-state index is 0.552. The third kappa shape index (κ3) is 4.42. The van der Waals surface area contributed by atoms with Crippen molar-refractivity contribution in [1.82, 2.24) is 15.1 Å². The Morgan fingerprint density at radius 1 is 1.17 bits per heavy atom. The topological polar surface area (TPSA) is 32.3 Å². The molecule has 2 heterocycles. The minimum Gasteiger partial charge on any atom is -0.355 e. The number of nitrogens with zero attached hydrogens (tertiary/aromatic N) is 4. The van der Waals surface area contributed by atoms with Crippen LogP contribution in [0.3, 0.4) is 0 Å². The lowest BCUT2D eigenvalue weighted by Gasteiger charge is -2.37. The lowest BCUT2D eigenvalue weighted by Crippen LogP contribution is -2.44. The van der Waals surface area contributed by atoms with Crippen molar-refractivity contribution in [2.24, 2.45) is 0 Å². The van der Waals surface area contributed by atoms with Crippen molar-refractivity contribution in [3.05, 3.63) is 59.8 Å². The molecule has 1 aromatic heterocycles. The van der Waals surface area contributed by atoms with Gasteiger partial charge < -0.3 is 4.90 Å². The van der Waals surface area contributed by atoms with Crippen LogP contribution in [0, 0.1) is 0 Å². The molecular weight excluding hydrogens is 296 g/mol. The Hall–Kier alpha value is -2.20. The van der Waals surface area contributed by atoms with E-state index in [9.17, 15) is 0 Å². The van der Waals surface area contributed by atoms with Crippen LogP contribution in [0.15, 0.2) is 54.2 Å². The largest absolute Gasteiger partial charge is 0.355 e. The summed E-state index contributed by atoms with van der Waals surface area (Å²) in [6.45, 7) is 5.55. The predicted octanol–water partition coefficient (Wildman–Crippen LogP) is 3.48. The zero-order chi connectivity index (χ0) is 16.8. The Balaban J connectivity index is 1.51. The maximum atomic E-state index is 4.22. The van der Waals surface area contributed by atoms with E-state index < -0.39 is 0 Å². The highest BCUT2D eigenvalue weighted by atomic mass is 15.3. The van der Waals surface area contributed by atoms with Crippen molar-refractivity contribution in [3.8, 4) is 0 Å². The van der Waals surface area contributed by atoms with Gasteiger partial charge in [0.25, 0.3) is 0 Å². The number of benzene rings is 1. The van der Waals surface area contributed by atoms with Crippen molar-refractivity contribution in [3.63, 3.8) is 0 Å². The SMILES string of the molecule is C/C(=C\c1ccccc1)CN1CCC(N(C)c2cccnn2)CC1. The molecule has 126 valence electrons. The van der Waals surface area contributed by atoms with Crippen LogP contribution in [0.25, 0.3) is 6.08 Å². The van der Waals surface area contributed by atoms with Gasteiger partial charge in [-0.25, -0.2) is 0 Å². The van der Waals surface area contributed by atoms with Crippen molar-refractivity contribution < 1.29 is 0 Å².